The fourth-order valence-electron chi connectivity index (χ4n) is 3.67. The van der Waals surface area contributed by atoms with Crippen molar-refractivity contribution in [3.8, 4) is 5.75 Å². The third-order valence-corrected chi connectivity index (χ3v) is 5.84. The van der Waals surface area contributed by atoms with Crippen molar-refractivity contribution in [1.29, 1.82) is 0 Å². The summed E-state index contributed by atoms with van der Waals surface area (Å²) in [6, 6.07) is 12.4. The molecule has 0 spiro atoms. The van der Waals surface area contributed by atoms with Crippen LogP contribution >= 0.6 is 0 Å². The number of aliphatic hydroxyl groups is 2. The maximum atomic E-state index is 12.3. The lowest BCUT2D eigenvalue weighted by Crippen LogP contribution is -2.54. The normalized spacial score (nSPS) is 14.2. The topological polar surface area (TPSA) is 122 Å². The van der Waals surface area contributed by atoms with Gasteiger partial charge in [-0.2, -0.15) is 0 Å². The smallest absolute Gasteiger partial charge is 0.162 e. The van der Waals surface area contributed by atoms with Crippen molar-refractivity contribution in [2.24, 2.45) is 11.6 Å². The second kappa shape index (κ2) is 13.4. The maximum Gasteiger partial charge on any atom is 0.162 e. The van der Waals surface area contributed by atoms with E-state index >= 15 is 0 Å². The predicted octanol–water partition coefficient (Wildman–Crippen LogP) is 3.39. The molecule has 0 bridgehead atoms. The van der Waals surface area contributed by atoms with Crippen LogP contribution in [0.1, 0.15) is 72.2 Å². The Kier molecular flexibility index (Phi) is 11.0. The molecule has 3 atom stereocenters. The number of rotatable bonds is 14. The highest BCUT2D eigenvalue weighted by molar-refractivity contribution is 5.96. The van der Waals surface area contributed by atoms with Gasteiger partial charge in [-0.05, 0) is 56.7 Å². The van der Waals surface area contributed by atoms with E-state index in [1.165, 1.54) is 5.01 Å². The van der Waals surface area contributed by atoms with Gasteiger partial charge in [0.1, 0.15) is 12.0 Å². The van der Waals surface area contributed by atoms with Crippen LogP contribution < -0.4 is 16.3 Å². The minimum atomic E-state index is -0.984. The van der Waals surface area contributed by atoms with Gasteiger partial charge in [-0.15, -0.1) is 0 Å². The number of hydrogen-bond acceptors (Lipinski definition) is 7. The fourth-order valence-corrected chi connectivity index (χ4v) is 3.67. The number of ether oxygens (including phenoxy) is 1. The van der Waals surface area contributed by atoms with Crippen LogP contribution in [0.25, 0.3) is 0 Å². The van der Waals surface area contributed by atoms with Crippen molar-refractivity contribution in [2.75, 3.05) is 13.2 Å². The van der Waals surface area contributed by atoms with Crippen molar-refractivity contribution in [3.05, 3.63) is 64.7 Å². The maximum absolute atomic E-state index is 12.3. The van der Waals surface area contributed by atoms with Crippen LogP contribution in [0.2, 0.25) is 0 Å². The lowest BCUT2D eigenvalue weighted by Gasteiger charge is -2.34. The predicted molar refractivity (Wildman–Crippen MR) is 131 cm³/mol. The summed E-state index contributed by atoms with van der Waals surface area (Å²) in [6.45, 7) is 6.63. The second-order valence-corrected chi connectivity index (χ2v) is 8.58. The van der Waals surface area contributed by atoms with E-state index in [4.69, 9.17) is 16.3 Å². The number of hydrogen-bond donors (Lipinski definition) is 4. The van der Waals surface area contributed by atoms with Gasteiger partial charge in [-0.3, -0.25) is 10.6 Å². The number of aryl methyl sites for hydroxylation is 2. The molecule has 0 radical (unpaired) electrons. The van der Waals surface area contributed by atoms with Crippen LogP contribution in [0, 0.1) is 13.8 Å². The Morgan fingerprint density at radius 3 is 2.42 bits per heavy atom. The lowest BCUT2D eigenvalue weighted by atomic mass is 9.99. The minimum absolute atomic E-state index is 0.0691. The average Bonchev–Trinajstić information content (AvgIpc) is 2.81. The van der Waals surface area contributed by atoms with Crippen molar-refractivity contribution in [3.63, 3.8) is 0 Å². The summed E-state index contributed by atoms with van der Waals surface area (Å²) in [6.07, 6.45) is 0.971. The molecule has 0 saturated heterocycles. The van der Waals surface area contributed by atoms with Crippen LogP contribution in [0.3, 0.4) is 0 Å². The molecule has 7 heteroatoms. The van der Waals surface area contributed by atoms with Crippen LogP contribution in [-0.4, -0.2) is 46.4 Å². The van der Waals surface area contributed by atoms with Crippen molar-refractivity contribution in [1.82, 2.24) is 5.01 Å². The van der Waals surface area contributed by atoms with E-state index in [0.29, 0.717) is 49.2 Å². The van der Waals surface area contributed by atoms with Crippen molar-refractivity contribution in [2.45, 2.75) is 71.2 Å². The van der Waals surface area contributed by atoms with Gasteiger partial charge < -0.3 is 20.7 Å². The Balaban J connectivity index is 1.89. The van der Waals surface area contributed by atoms with E-state index in [1.807, 2.05) is 57.2 Å². The van der Waals surface area contributed by atoms with Gasteiger partial charge in [-0.25, -0.2) is 5.01 Å². The summed E-state index contributed by atoms with van der Waals surface area (Å²) in [5.74, 6) is 6.95. The molecular weight excluding hydrogens is 418 g/mol. The molecule has 2 aromatic rings. The number of unbranched alkanes of at least 4 members (excludes halogenated alkanes) is 1. The van der Waals surface area contributed by atoms with Gasteiger partial charge in [0.25, 0.3) is 0 Å². The number of ketones is 1. The van der Waals surface area contributed by atoms with Crippen LogP contribution in [-0.2, 0) is 0 Å². The Hall–Kier alpha value is -2.29. The number of aliphatic hydroxyl groups excluding tert-OH is 2. The zero-order chi connectivity index (χ0) is 24.4. The van der Waals surface area contributed by atoms with E-state index in [2.05, 4.69) is 0 Å². The summed E-state index contributed by atoms with van der Waals surface area (Å²) in [4.78, 5) is 12.3. The number of nitrogens with zero attached hydrogens (tertiary/aromatic N) is 1. The third kappa shape index (κ3) is 7.91. The van der Waals surface area contributed by atoms with Gasteiger partial charge in [0.15, 0.2) is 5.78 Å². The van der Waals surface area contributed by atoms with Crippen LogP contribution in [0.4, 0.5) is 0 Å². The SMILES string of the molecule is CCCOc1cc([C@@H](O)[C@@H](CN)N(N)[C@H](O)CCCCC(=O)c2ccc(C)cc2)ccc1C. The van der Waals surface area contributed by atoms with E-state index in [-0.39, 0.29) is 12.3 Å². The highest BCUT2D eigenvalue weighted by Gasteiger charge is 2.29. The molecule has 33 heavy (non-hydrogen) atoms. The molecule has 0 heterocycles. The number of benzene rings is 2. The Bertz CT molecular complexity index is 872. The third-order valence-electron chi connectivity index (χ3n) is 5.84. The Labute approximate surface area is 197 Å². The molecule has 2 rings (SSSR count). The molecule has 0 fully saturated rings. The standard InChI is InChI=1S/C26H39N3O4/c1-4-15-33-24-16-21(14-11-19(24)3)26(32)22(17-27)29(28)25(31)8-6-5-7-23(30)20-12-9-18(2)10-13-20/h9-14,16,22,25-26,31-32H,4-8,15,17,27-28H2,1-3H3/t22-,25-,26-/m1/s1. The fraction of sp³-hybridized carbons (Fsp3) is 0.500. The summed E-state index contributed by atoms with van der Waals surface area (Å²) in [5, 5.41) is 22.7. The first-order valence-corrected chi connectivity index (χ1v) is 11.7. The van der Waals surface area contributed by atoms with Crippen LogP contribution in [0.5, 0.6) is 5.75 Å². The van der Waals surface area contributed by atoms with Gasteiger partial charge >= 0.3 is 0 Å². The van der Waals surface area contributed by atoms with E-state index in [9.17, 15) is 15.0 Å². The quantitative estimate of drug-likeness (QED) is 0.113. The molecule has 0 unspecified atom stereocenters. The molecule has 0 aromatic heterocycles. The first-order chi connectivity index (χ1) is 15.8. The summed E-state index contributed by atoms with van der Waals surface area (Å²) in [5.41, 5.74) is 9.33. The first kappa shape index (κ1) is 27.0. The number of carbonyl (C=O) groups is 1. The zero-order valence-corrected chi connectivity index (χ0v) is 20.0. The van der Waals surface area contributed by atoms with E-state index in [0.717, 1.165) is 17.5 Å². The van der Waals surface area contributed by atoms with Gasteiger partial charge in [-0.1, -0.05) is 48.9 Å². The molecule has 0 amide bonds. The number of nitrogens with two attached hydrogens (primary N) is 2. The zero-order valence-electron chi connectivity index (χ0n) is 20.0. The average molecular weight is 458 g/mol. The van der Waals surface area contributed by atoms with Gasteiger partial charge in [0.05, 0.1) is 18.8 Å². The van der Waals surface area contributed by atoms with Crippen molar-refractivity contribution >= 4 is 5.78 Å². The molecule has 6 N–H and O–H groups in total. The molecule has 0 aliphatic rings. The summed E-state index contributed by atoms with van der Waals surface area (Å²) >= 11 is 0. The van der Waals surface area contributed by atoms with Gasteiger partial charge in [0.2, 0.25) is 0 Å². The Morgan fingerprint density at radius 2 is 1.79 bits per heavy atom. The number of carbonyl (C=O) groups excluding carboxylic acids is 1. The summed E-state index contributed by atoms with van der Waals surface area (Å²) in [7, 11) is 0. The highest BCUT2D eigenvalue weighted by Crippen LogP contribution is 2.27. The van der Waals surface area contributed by atoms with Crippen molar-refractivity contribution < 1.29 is 19.7 Å². The molecule has 182 valence electrons. The lowest BCUT2D eigenvalue weighted by molar-refractivity contribution is -0.0665. The van der Waals surface area contributed by atoms with Crippen LogP contribution in [0.15, 0.2) is 42.5 Å². The first-order valence-electron chi connectivity index (χ1n) is 11.7. The monoisotopic (exact) mass is 457 g/mol. The number of hydrazine groups is 1. The van der Waals surface area contributed by atoms with Gasteiger partial charge in [0, 0.05) is 18.5 Å². The molecule has 7 nitrogen and oxygen atoms in total. The molecule has 0 aliphatic carbocycles. The largest absolute Gasteiger partial charge is 0.493 e. The van der Waals surface area contributed by atoms with E-state index < -0.39 is 18.4 Å². The summed E-state index contributed by atoms with van der Waals surface area (Å²) < 4.78 is 5.76. The molecule has 0 aliphatic heterocycles. The molecule has 2 aromatic carbocycles. The Morgan fingerprint density at radius 1 is 1.09 bits per heavy atom. The highest BCUT2D eigenvalue weighted by atomic mass is 16.5. The minimum Gasteiger partial charge on any atom is -0.493 e. The van der Waals surface area contributed by atoms with E-state index in [1.54, 1.807) is 6.07 Å². The number of Topliss-reactive ketones (excluding diaryl/α,β-unsaturated/α-hetero) is 1. The molecule has 0 saturated carbocycles. The molecular formula is C26H39N3O4. The second-order valence-electron chi connectivity index (χ2n) is 8.58.